The van der Waals surface area contributed by atoms with Gasteiger partial charge in [-0.15, -0.1) is 0 Å². The van der Waals surface area contributed by atoms with Gasteiger partial charge in [0.05, 0.1) is 78.8 Å². The van der Waals surface area contributed by atoms with Crippen molar-refractivity contribution in [2.24, 2.45) is 29.6 Å². The first-order valence-electron chi connectivity index (χ1n) is 50.5. The van der Waals surface area contributed by atoms with Crippen LogP contribution in [0.25, 0.3) is 33.4 Å². The van der Waals surface area contributed by atoms with Crippen molar-refractivity contribution in [2.75, 3.05) is 14.2 Å². The SMILES string of the molecule is CC(C)C(C)OC(C)(C)C.CC(C)C(C)OC1CCc2ccccc21.CC(C)C(C)OC1c2ccccc2-c2ccccc21.CC(C)OC1CCc2ccccc21.CC(C)OC1c2ccccc2-c2ccccc21.CCC(C)OC1CCc2ccccc21.CCC(C)OC1c2ccccc2-c2ccccc21.COC(C)C1CCCCCC1.COC(C)C1CCCCCCC1. The van der Waals surface area contributed by atoms with Crippen LogP contribution in [0.5, 0.6) is 0 Å². The molecule has 0 N–H and O–H groups in total. The van der Waals surface area contributed by atoms with Crippen molar-refractivity contribution in [1.82, 2.24) is 0 Å². The number of rotatable bonds is 22. The molecule has 0 heterocycles. The molecule has 2 saturated carbocycles. The molecule has 10 atom stereocenters. The number of hydrogen-bond acceptors (Lipinski definition) is 9. The first kappa shape index (κ1) is 105. The van der Waals surface area contributed by atoms with Crippen LogP contribution in [-0.2, 0) is 61.9 Å². The van der Waals surface area contributed by atoms with Gasteiger partial charge in [-0.3, -0.25) is 0 Å². The van der Waals surface area contributed by atoms with Gasteiger partial charge in [0.15, 0.2) is 0 Å². The summed E-state index contributed by atoms with van der Waals surface area (Å²) in [6, 6.07) is 77.2. The van der Waals surface area contributed by atoms with E-state index in [1.807, 2.05) is 14.2 Å². The minimum atomic E-state index is 0.00366. The van der Waals surface area contributed by atoms with Crippen molar-refractivity contribution in [3.05, 3.63) is 285 Å². The Kier molecular flexibility index (Phi) is 44.2. The van der Waals surface area contributed by atoms with Crippen LogP contribution in [0.15, 0.2) is 218 Å². The number of benzene rings is 9. The first-order chi connectivity index (χ1) is 62.0. The zero-order chi connectivity index (χ0) is 93.1. The summed E-state index contributed by atoms with van der Waals surface area (Å²) in [4.78, 5) is 0. The second kappa shape index (κ2) is 54.1. The summed E-state index contributed by atoms with van der Waals surface area (Å²) in [7, 11) is 3.67. The topological polar surface area (TPSA) is 83.1 Å². The molecule has 2 fully saturated rings. The molecule has 0 saturated heterocycles. The van der Waals surface area contributed by atoms with Crippen LogP contribution < -0.4 is 0 Å². The highest BCUT2D eigenvalue weighted by Crippen LogP contribution is 2.49. The Morgan fingerprint density at radius 1 is 0.264 bits per heavy atom. The van der Waals surface area contributed by atoms with E-state index in [2.05, 4.69) is 371 Å². The normalized spacial score (nSPS) is 18.8. The molecule has 9 nitrogen and oxygen atoms in total. The number of ether oxygens (including phenoxy) is 9. The third-order valence-corrected chi connectivity index (χ3v) is 27.5. The Balaban J connectivity index is 0.000000165. The fourth-order valence-electron chi connectivity index (χ4n) is 18.7. The van der Waals surface area contributed by atoms with E-state index in [1.54, 1.807) is 0 Å². The van der Waals surface area contributed by atoms with Crippen molar-refractivity contribution in [3.63, 3.8) is 0 Å². The Labute approximate surface area is 784 Å². The average molecular weight is 1760 g/mol. The largest absolute Gasteiger partial charge is 0.381 e. The van der Waals surface area contributed by atoms with Gasteiger partial charge in [0, 0.05) is 14.2 Å². The molecule has 704 valence electrons. The van der Waals surface area contributed by atoms with E-state index in [-0.39, 0.29) is 42.2 Å². The van der Waals surface area contributed by atoms with E-state index < -0.39 is 0 Å². The fourth-order valence-corrected chi connectivity index (χ4v) is 18.7. The first-order valence-corrected chi connectivity index (χ1v) is 50.5. The molecule has 129 heavy (non-hydrogen) atoms. The summed E-state index contributed by atoms with van der Waals surface area (Å²) in [5, 5.41) is 0. The summed E-state index contributed by atoms with van der Waals surface area (Å²) in [5.74, 6) is 3.40. The van der Waals surface area contributed by atoms with Crippen molar-refractivity contribution in [3.8, 4) is 33.4 Å². The second-order valence-corrected chi connectivity index (χ2v) is 40.0. The van der Waals surface area contributed by atoms with Gasteiger partial charge in [0.2, 0.25) is 0 Å². The third kappa shape index (κ3) is 31.9. The van der Waals surface area contributed by atoms with Crippen LogP contribution in [0, 0.1) is 29.6 Å². The van der Waals surface area contributed by atoms with E-state index in [9.17, 15) is 0 Å². The second-order valence-electron chi connectivity index (χ2n) is 40.0. The van der Waals surface area contributed by atoms with Gasteiger partial charge < -0.3 is 42.6 Å². The summed E-state index contributed by atoms with van der Waals surface area (Å²) < 4.78 is 53.0. The lowest BCUT2D eigenvalue weighted by atomic mass is 9.88. The zero-order valence-electron chi connectivity index (χ0n) is 84.4. The Bertz CT molecular complexity index is 4510. The molecule has 10 unspecified atom stereocenters. The number of methoxy groups -OCH3 is 2. The minimum absolute atomic E-state index is 0.00366. The highest BCUT2D eigenvalue weighted by molar-refractivity contribution is 5.80. The van der Waals surface area contributed by atoms with Gasteiger partial charge in [0.25, 0.3) is 0 Å². The molecule has 9 aromatic carbocycles. The molecule has 0 aliphatic heterocycles. The quantitative estimate of drug-likeness (QED) is 0.0616. The van der Waals surface area contributed by atoms with Crippen LogP contribution in [-0.4, -0.2) is 74.8 Å². The summed E-state index contributed by atoms with van der Waals surface area (Å²) in [6.07, 6.45) is 32.0. The molecule has 0 spiro atoms. The molecule has 9 aromatic rings. The Morgan fingerprint density at radius 2 is 0.512 bits per heavy atom. The molecule has 0 aromatic heterocycles. The maximum atomic E-state index is 6.33. The van der Waals surface area contributed by atoms with Gasteiger partial charge in [-0.2, -0.15) is 0 Å². The molecule has 17 rings (SSSR count). The number of aryl methyl sites for hydroxylation is 3. The number of hydrogen-bond donors (Lipinski definition) is 0. The molecule has 0 amide bonds. The molecular formula is C120H170O9. The number of fused-ring (bicyclic) bond motifs is 12. The summed E-state index contributed by atoms with van der Waals surface area (Å²) >= 11 is 0. The average Bonchev–Trinajstić information content (AvgIpc) is 1.62. The fraction of sp³-hybridized carbons (Fsp3) is 0.550. The maximum absolute atomic E-state index is 6.33. The maximum Gasteiger partial charge on any atom is 0.109 e. The van der Waals surface area contributed by atoms with Crippen LogP contribution in [0.4, 0.5) is 0 Å². The van der Waals surface area contributed by atoms with Gasteiger partial charge >= 0.3 is 0 Å². The van der Waals surface area contributed by atoms with E-state index in [1.165, 1.54) is 203 Å². The third-order valence-electron chi connectivity index (χ3n) is 27.5. The Hall–Kier alpha value is -7.38. The van der Waals surface area contributed by atoms with Gasteiger partial charge in [-0.05, 0) is 304 Å². The van der Waals surface area contributed by atoms with Gasteiger partial charge in [-0.1, -0.05) is 332 Å². The predicted octanol–water partition coefficient (Wildman–Crippen LogP) is 33.1. The highest BCUT2D eigenvalue weighted by atomic mass is 16.5. The van der Waals surface area contributed by atoms with Crippen molar-refractivity contribution >= 4 is 0 Å². The zero-order valence-corrected chi connectivity index (χ0v) is 84.4. The highest BCUT2D eigenvalue weighted by Gasteiger charge is 2.35. The molecule has 0 radical (unpaired) electrons. The van der Waals surface area contributed by atoms with E-state index >= 15 is 0 Å². The predicted molar refractivity (Wildman–Crippen MR) is 544 cm³/mol. The molecule has 8 aliphatic carbocycles. The molecule has 0 bridgehead atoms. The molecular weight excluding hydrogens is 1590 g/mol. The van der Waals surface area contributed by atoms with Crippen molar-refractivity contribution in [1.29, 1.82) is 0 Å². The van der Waals surface area contributed by atoms with E-state index in [4.69, 9.17) is 42.6 Å². The summed E-state index contributed by atoms with van der Waals surface area (Å²) in [6.45, 7) is 47.3. The van der Waals surface area contributed by atoms with Crippen LogP contribution in [0.1, 0.15) is 371 Å². The lowest BCUT2D eigenvalue weighted by molar-refractivity contribution is -0.0698. The van der Waals surface area contributed by atoms with Crippen LogP contribution in [0.2, 0.25) is 0 Å². The van der Waals surface area contributed by atoms with Gasteiger partial charge in [-0.25, -0.2) is 0 Å². The van der Waals surface area contributed by atoms with Crippen molar-refractivity contribution < 1.29 is 42.6 Å². The minimum Gasteiger partial charge on any atom is -0.381 e. The standard InChI is InChI=1S/C18H20O.C17H18O.C16H16O.C14H20O.C13H18O.C12H16O.C11H22O.C10H20O.C9H20O/c1-12(2)13(3)19-18-16-10-6-4-8-14(16)15-9-5-7-11-17(15)18;1-3-12(2)18-17-15-10-6-4-8-13(15)14-9-5-7-11-16(14)17;1-11(2)17-16-14-9-5-3-7-12(14)13-8-4-6-10-15(13)16;1-10(2)11(3)15-14-9-8-12-6-4-5-7-13(12)14;1-3-10(2)14-13-9-8-11-6-4-5-7-12(11)13;1-9(2)13-12-8-7-10-5-3-4-6-11(10)12;1-10(12-2)11-8-6-4-3-5-7-9-11;1-9(11-2)10-7-5-3-4-6-8-10;1-7(2)8(3)10-9(4,5)6/h4-13,18H,1-3H3;4-12,17H,3H2,1-2H3;3-11,16H,1-2H3;4-7,10-11,14H,8-9H2,1-3H3;4-7,10,13H,3,8-9H2,1-2H3;3-6,9,12H,7-8H2,1-2H3;10-11H,3-9H2,1-2H3;9-10H,3-8H2,1-2H3;7-8H,1-6H3. The smallest absolute Gasteiger partial charge is 0.109 e. The molecule has 9 heteroatoms. The van der Waals surface area contributed by atoms with Crippen LogP contribution in [0.3, 0.4) is 0 Å². The van der Waals surface area contributed by atoms with E-state index in [0.29, 0.717) is 72.7 Å². The van der Waals surface area contributed by atoms with Crippen LogP contribution >= 0.6 is 0 Å². The lowest BCUT2D eigenvalue weighted by Gasteiger charge is -2.27. The van der Waals surface area contributed by atoms with Gasteiger partial charge in [0.1, 0.15) is 18.3 Å². The monoisotopic (exact) mass is 1760 g/mol. The lowest BCUT2D eigenvalue weighted by Crippen LogP contribution is -2.28. The van der Waals surface area contributed by atoms with Crippen molar-refractivity contribution in [2.45, 2.75) is 384 Å². The Morgan fingerprint density at radius 3 is 0.791 bits per heavy atom. The summed E-state index contributed by atoms with van der Waals surface area (Å²) in [5.41, 5.74) is 24.3. The van der Waals surface area contributed by atoms with E-state index in [0.717, 1.165) is 43.9 Å². The molecule has 8 aliphatic rings.